The minimum atomic E-state index is -0.553. The summed E-state index contributed by atoms with van der Waals surface area (Å²) in [4.78, 5) is 22.2. The van der Waals surface area contributed by atoms with Gasteiger partial charge in [0.25, 0.3) is 5.91 Å². The highest BCUT2D eigenvalue weighted by molar-refractivity contribution is 7.19. The van der Waals surface area contributed by atoms with Gasteiger partial charge >= 0.3 is 0 Å². The fourth-order valence-corrected chi connectivity index (χ4v) is 3.83. The summed E-state index contributed by atoms with van der Waals surface area (Å²) >= 11 is 1.42. The van der Waals surface area contributed by atoms with E-state index in [1.807, 2.05) is 18.3 Å². The van der Waals surface area contributed by atoms with E-state index in [1.165, 1.54) is 11.3 Å². The molecular formula is C16H15N7OS. The van der Waals surface area contributed by atoms with Gasteiger partial charge in [0.1, 0.15) is 6.54 Å². The van der Waals surface area contributed by atoms with Crippen LogP contribution in [0.15, 0.2) is 30.7 Å². The molecule has 3 aromatic heterocycles. The standard InChI is InChI=1S/C16H15N7OS/c17-5-7-22-9-11(8-20-22)23(10-3-4-10)16-21-13(15(18)24)14(25-16)12-2-1-6-19-12/h1-2,6,8-10,19H,3-4,7H2,(H2,18,24). The van der Waals surface area contributed by atoms with Crippen LogP contribution in [0, 0.1) is 11.3 Å². The summed E-state index contributed by atoms with van der Waals surface area (Å²) in [6.45, 7) is 0.191. The van der Waals surface area contributed by atoms with E-state index in [2.05, 4.69) is 26.0 Å². The fraction of sp³-hybridized carbons (Fsp3) is 0.250. The summed E-state index contributed by atoms with van der Waals surface area (Å²) < 4.78 is 1.58. The van der Waals surface area contributed by atoms with Crippen molar-refractivity contribution >= 4 is 28.1 Å². The van der Waals surface area contributed by atoms with Crippen molar-refractivity contribution < 1.29 is 4.79 Å². The molecule has 1 fully saturated rings. The molecular weight excluding hydrogens is 338 g/mol. The second-order valence-corrected chi connectivity index (χ2v) is 6.76. The number of anilines is 2. The molecule has 3 heterocycles. The van der Waals surface area contributed by atoms with E-state index in [-0.39, 0.29) is 12.2 Å². The van der Waals surface area contributed by atoms with Gasteiger partial charge in [-0.3, -0.25) is 9.48 Å². The maximum Gasteiger partial charge on any atom is 0.268 e. The Morgan fingerprint density at radius 1 is 1.56 bits per heavy atom. The number of hydrogen-bond donors (Lipinski definition) is 2. The number of primary amides is 1. The Hall–Kier alpha value is -3.12. The summed E-state index contributed by atoms with van der Waals surface area (Å²) in [6.07, 6.45) is 7.43. The van der Waals surface area contributed by atoms with E-state index in [0.717, 1.165) is 29.1 Å². The van der Waals surface area contributed by atoms with E-state index in [9.17, 15) is 4.79 Å². The van der Waals surface area contributed by atoms with Crippen LogP contribution >= 0.6 is 11.3 Å². The number of nitrogens with zero attached hydrogens (tertiary/aromatic N) is 5. The quantitative estimate of drug-likeness (QED) is 0.705. The Morgan fingerprint density at radius 3 is 3.04 bits per heavy atom. The number of carbonyl (C=O) groups excluding carboxylic acids is 1. The minimum absolute atomic E-state index is 0.191. The van der Waals surface area contributed by atoms with E-state index in [0.29, 0.717) is 11.2 Å². The number of aromatic nitrogens is 4. The predicted octanol–water partition coefficient (Wildman–Crippen LogP) is 2.26. The number of rotatable bonds is 6. The molecule has 3 N–H and O–H groups in total. The molecule has 0 unspecified atom stereocenters. The number of nitriles is 1. The van der Waals surface area contributed by atoms with Crippen LogP contribution in [-0.4, -0.2) is 31.7 Å². The highest BCUT2D eigenvalue weighted by Gasteiger charge is 2.34. The fourth-order valence-electron chi connectivity index (χ4n) is 2.68. The number of amides is 1. The van der Waals surface area contributed by atoms with Crippen molar-refractivity contribution in [3.05, 3.63) is 36.4 Å². The number of nitrogens with one attached hydrogen (secondary N) is 1. The van der Waals surface area contributed by atoms with Crippen molar-refractivity contribution in [3.8, 4) is 16.6 Å². The molecule has 8 nitrogen and oxygen atoms in total. The van der Waals surface area contributed by atoms with Crippen LogP contribution in [0.25, 0.3) is 10.6 Å². The Morgan fingerprint density at radius 2 is 2.40 bits per heavy atom. The first kappa shape index (κ1) is 15.4. The maximum absolute atomic E-state index is 11.8. The molecule has 1 aliphatic carbocycles. The summed E-state index contributed by atoms with van der Waals surface area (Å²) in [5, 5.41) is 13.7. The van der Waals surface area contributed by atoms with Crippen molar-refractivity contribution in [3.63, 3.8) is 0 Å². The monoisotopic (exact) mass is 353 g/mol. The largest absolute Gasteiger partial charge is 0.364 e. The predicted molar refractivity (Wildman–Crippen MR) is 93.4 cm³/mol. The molecule has 0 spiro atoms. The van der Waals surface area contributed by atoms with Crippen molar-refractivity contribution in [2.24, 2.45) is 5.73 Å². The summed E-state index contributed by atoms with van der Waals surface area (Å²) in [7, 11) is 0. The lowest BCUT2D eigenvalue weighted by Gasteiger charge is -2.19. The normalized spacial score (nSPS) is 13.6. The number of carbonyl (C=O) groups is 1. The topological polar surface area (TPSA) is 117 Å². The Balaban J connectivity index is 1.76. The van der Waals surface area contributed by atoms with Gasteiger partial charge in [0.05, 0.1) is 28.5 Å². The number of aromatic amines is 1. The van der Waals surface area contributed by atoms with Crippen LogP contribution in [0.1, 0.15) is 23.3 Å². The zero-order valence-electron chi connectivity index (χ0n) is 13.2. The third-order valence-corrected chi connectivity index (χ3v) is 5.03. The van der Waals surface area contributed by atoms with Gasteiger partial charge in [0.15, 0.2) is 10.8 Å². The van der Waals surface area contributed by atoms with Crippen LogP contribution in [0.5, 0.6) is 0 Å². The number of H-pyrrole nitrogens is 1. The molecule has 25 heavy (non-hydrogen) atoms. The van der Waals surface area contributed by atoms with E-state index in [1.54, 1.807) is 17.1 Å². The van der Waals surface area contributed by atoms with Gasteiger partial charge in [0.2, 0.25) is 0 Å². The lowest BCUT2D eigenvalue weighted by molar-refractivity contribution is 0.0997. The number of nitrogens with two attached hydrogens (primary N) is 1. The van der Waals surface area contributed by atoms with Gasteiger partial charge in [-0.2, -0.15) is 10.4 Å². The molecule has 1 amide bonds. The van der Waals surface area contributed by atoms with Gasteiger partial charge < -0.3 is 15.6 Å². The Labute approximate surface area is 147 Å². The molecule has 1 saturated carbocycles. The highest BCUT2D eigenvalue weighted by atomic mass is 32.1. The first-order valence-electron chi connectivity index (χ1n) is 7.80. The lowest BCUT2D eigenvalue weighted by atomic mass is 10.3. The molecule has 4 rings (SSSR count). The van der Waals surface area contributed by atoms with E-state index in [4.69, 9.17) is 11.0 Å². The highest BCUT2D eigenvalue weighted by Crippen LogP contribution is 2.42. The molecule has 0 aliphatic heterocycles. The minimum Gasteiger partial charge on any atom is -0.364 e. The first-order chi connectivity index (χ1) is 12.2. The van der Waals surface area contributed by atoms with Crippen LogP contribution < -0.4 is 10.6 Å². The van der Waals surface area contributed by atoms with Crippen LogP contribution in [0.3, 0.4) is 0 Å². The van der Waals surface area contributed by atoms with Crippen molar-refractivity contribution in [1.82, 2.24) is 19.7 Å². The molecule has 0 aromatic carbocycles. The SMILES string of the molecule is N#CCn1cc(N(c2nc(C(N)=O)c(-c3ccc[nH]3)s2)C2CC2)cn1. The van der Waals surface area contributed by atoms with E-state index < -0.39 is 5.91 Å². The van der Waals surface area contributed by atoms with Crippen LogP contribution in [0.4, 0.5) is 10.8 Å². The number of hydrogen-bond acceptors (Lipinski definition) is 6. The molecule has 126 valence electrons. The van der Waals surface area contributed by atoms with Crippen molar-refractivity contribution in [2.45, 2.75) is 25.4 Å². The average Bonchev–Trinajstić information content (AvgIpc) is 3.01. The second kappa shape index (κ2) is 6.07. The third-order valence-electron chi connectivity index (χ3n) is 3.94. The number of thiazole rings is 1. The average molecular weight is 353 g/mol. The zero-order chi connectivity index (χ0) is 17.4. The smallest absolute Gasteiger partial charge is 0.268 e. The lowest BCUT2D eigenvalue weighted by Crippen LogP contribution is -2.19. The summed E-state index contributed by atoms with van der Waals surface area (Å²) in [6, 6.07) is 6.14. The van der Waals surface area contributed by atoms with Crippen molar-refractivity contribution in [2.75, 3.05) is 4.90 Å². The van der Waals surface area contributed by atoms with Crippen LogP contribution in [-0.2, 0) is 6.54 Å². The van der Waals surface area contributed by atoms with Gasteiger partial charge in [0, 0.05) is 18.4 Å². The molecule has 0 radical (unpaired) electrons. The first-order valence-corrected chi connectivity index (χ1v) is 8.62. The van der Waals surface area contributed by atoms with Gasteiger partial charge in [-0.05, 0) is 25.0 Å². The van der Waals surface area contributed by atoms with Crippen molar-refractivity contribution in [1.29, 1.82) is 5.26 Å². The summed E-state index contributed by atoms with van der Waals surface area (Å²) in [5.74, 6) is -0.553. The van der Waals surface area contributed by atoms with Crippen LogP contribution in [0.2, 0.25) is 0 Å². The molecule has 0 saturated heterocycles. The Bertz CT molecular complexity index is 946. The maximum atomic E-state index is 11.8. The van der Waals surface area contributed by atoms with Gasteiger partial charge in [-0.15, -0.1) is 0 Å². The summed E-state index contributed by atoms with van der Waals surface area (Å²) in [5.41, 5.74) is 7.47. The molecule has 0 atom stereocenters. The van der Waals surface area contributed by atoms with Gasteiger partial charge in [-0.1, -0.05) is 11.3 Å². The third kappa shape index (κ3) is 2.88. The second-order valence-electron chi connectivity index (χ2n) is 5.78. The van der Waals surface area contributed by atoms with Gasteiger partial charge in [-0.25, -0.2) is 4.98 Å². The van der Waals surface area contributed by atoms with E-state index >= 15 is 0 Å². The Kier molecular flexibility index (Phi) is 3.74. The molecule has 9 heteroatoms. The molecule has 0 bridgehead atoms. The zero-order valence-corrected chi connectivity index (χ0v) is 14.0. The molecule has 1 aliphatic rings. The molecule has 3 aromatic rings.